The van der Waals surface area contributed by atoms with Gasteiger partial charge >= 0.3 is 0 Å². The van der Waals surface area contributed by atoms with Gasteiger partial charge in [-0.2, -0.15) is 0 Å². The standard InChI is InChI=1S/C18H20N2O2/c1-22-15-9-6-13(7-10-15)16(19)12-20-17-5-3-2-4-14(17)8-11-18(20)21/h2-7,9-10,16H,8,11-12,19H2,1H3. The van der Waals surface area contributed by atoms with Crippen LogP contribution < -0.4 is 15.4 Å². The number of nitrogens with zero attached hydrogens (tertiary/aromatic N) is 1. The second kappa shape index (κ2) is 6.20. The first kappa shape index (κ1) is 14.6. The van der Waals surface area contributed by atoms with E-state index in [0.29, 0.717) is 13.0 Å². The molecule has 0 aromatic heterocycles. The van der Waals surface area contributed by atoms with E-state index in [9.17, 15) is 4.79 Å². The molecular formula is C18H20N2O2. The summed E-state index contributed by atoms with van der Waals surface area (Å²) in [6, 6.07) is 15.5. The van der Waals surface area contributed by atoms with Crippen LogP contribution >= 0.6 is 0 Å². The summed E-state index contributed by atoms with van der Waals surface area (Å²) >= 11 is 0. The number of hydrogen-bond acceptors (Lipinski definition) is 3. The molecule has 0 saturated carbocycles. The lowest BCUT2D eigenvalue weighted by Crippen LogP contribution is -2.40. The molecule has 2 aromatic carbocycles. The van der Waals surface area contributed by atoms with Crippen molar-refractivity contribution in [2.75, 3.05) is 18.6 Å². The molecule has 2 N–H and O–H groups in total. The lowest BCUT2D eigenvalue weighted by Gasteiger charge is -2.31. The number of aryl methyl sites for hydroxylation is 1. The third-order valence-corrected chi connectivity index (χ3v) is 4.11. The lowest BCUT2D eigenvalue weighted by molar-refractivity contribution is -0.119. The molecule has 1 aliphatic rings. The molecule has 4 nitrogen and oxygen atoms in total. The quantitative estimate of drug-likeness (QED) is 0.943. The molecule has 1 heterocycles. The van der Waals surface area contributed by atoms with E-state index in [1.54, 1.807) is 7.11 Å². The minimum absolute atomic E-state index is 0.141. The third kappa shape index (κ3) is 2.83. The molecule has 0 bridgehead atoms. The number of carbonyl (C=O) groups is 1. The predicted octanol–water partition coefficient (Wildman–Crippen LogP) is 2.67. The van der Waals surface area contributed by atoms with Gasteiger partial charge in [0, 0.05) is 24.7 Å². The van der Waals surface area contributed by atoms with Gasteiger partial charge in [0.1, 0.15) is 5.75 Å². The molecule has 0 saturated heterocycles. The van der Waals surface area contributed by atoms with E-state index in [4.69, 9.17) is 10.5 Å². The zero-order valence-corrected chi connectivity index (χ0v) is 12.7. The summed E-state index contributed by atoms with van der Waals surface area (Å²) < 4.78 is 5.16. The molecule has 1 atom stereocenters. The minimum Gasteiger partial charge on any atom is -0.497 e. The minimum atomic E-state index is -0.221. The fourth-order valence-electron chi connectivity index (χ4n) is 2.85. The van der Waals surface area contributed by atoms with Crippen LogP contribution in [0.2, 0.25) is 0 Å². The first-order valence-electron chi connectivity index (χ1n) is 7.47. The van der Waals surface area contributed by atoms with Gasteiger partial charge in [-0.15, -0.1) is 0 Å². The molecule has 0 aliphatic carbocycles. The van der Waals surface area contributed by atoms with Crippen LogP contribution in [0.1, 0.15) is 23.6 Å². The second-order valence-corrected chi connectivity index (χ2v) is 5.51. The third-order valence-electron chi connectivity index (χ3n) is 4.11. The summed E-state index contributed by atoms with van der Waals surface area (Å²) in [5.41, 5.74) is 9.50. The Labute approximate surface area is 130 Å². The molecule has 2 aromatic rings. The van der Waals surface area contributed by atoms with Crippen molar-refractivity contribution in [2.45, 2.75) is 18.9 Å². The molecule has 1 unspecified atom stereocenters. The van der Waals surface area contributed by atoms with Gasteiger partial charge in [-0.05, 0) is 35.7 Å². The fourth-order valence-corrected chi connectivity index (χ4v) is 2.85. The van der Waals surface area contributed by atoms with Gasteiger partial charge in [0.2, 0.25) is 5.91 Å². The van der Waals surface area contributed by atoms with Gasteiger partial charge in [-0.3, -0.25) is 4.79 Å². The van der Waals surface area contributed by atoms with Crippen molar-refractivity contribution in [3.63, 3.8) is 0 Å². The van der Waals surface area contributed by atoms with E-state index in [-0.39, 0.29) is 11.9 Å². The van der Waals surface area contributed by atoms with Crippen LogP contribution in [0.25, 0.3) is 0 Å². The lowest BCUT2D eigenvalue weighted by atomic mass is 9.99. The highest BCUT2D eigenvalue weighted by Crippen LogP contribution is 2.29. The van der Waals surface area contributed by atoms with Crippen LogP contribution in [-0.4, -0.2) is 19.6 Å². The average molecular weight is 296 g/mol. The van der Waals surface area contributed by atoms with Crippen LogP contribution in [0.4, 0.5) is 5.69 Å². The summed E-state index contributed by atoms with van der Waals surface area (Å²) in [4.78, 5) is 14.1. The summed E-state index contributed by atoms with van der Waals surface area (Å²) in [6.07, 6.45) is 1.36. The predicted molar refractivity (Wildman–Crippen MR) is 87.0 cm³/mol. The van der Waals surface area contributed by atoms with Crippen molar-refractivity contribution in [2.24, 2.45) is 5.73 Å². The van der Waals surface area contributed by atoms with Crippen molar-refractivity contribution in [3.8, 4) is 5.75 Å². The molecule has 1 amide bonds. The Morgan fingerprint density at radius 1 is 1.14 bits per heavy atom. The normalized spacial score (nSPS) is 15.4. The van der Waals surface area contributed by atoms with E-state index < -0.39 is 0 Å². The molecule has 0 fully saturated rings. The van der Waals surface area contributed by atoms with Crippen molar-refractivity contribution in [1.82, 2.24) is 0 Å². The number of methoxy groups -OCH3 is 1. The van der Waals surface area contributed by atoms with Crippen LogP contribution in [-0.2, 0) is 11.2 Å². The Morgan fingerprint density at radius 2 is 1.86 bits per heavy atom. The molecule has 22 heavy (non-hydrogen) atoms. The number of ether oxygens (including phenoxy) is 1. The fraction of sp³-hybridized carbons (Fsp3) is 0.278. The smallest absolute Gasteiger partial charge is 0.227 e. The average Bonchev–Trinajstić information content (AvgIpc) is 2.57. The Hall–Kier alpha value is -2.33. The SMILES string of the molecule is COc1ccc(C(N)CN2C(=O)CCc3ccccc32)cc1. The van der Waals surface area contributed by atoms with Gasteiger partial charge in [0.05, 0.1) is 7.11 Å². The molecule has 4 heteroatoms. The van der Waals surface area contributed by atoms with Crippen molar-refractivity contribution >= 4 is 11.6 Å². The summed E-state index contributed by atoms with van der Waals surface area (Å²) in [6.45, 7) is 0.488. The van der Waals surface area contributed by atoms with Crippen LogP contribution in [0.15, 0.2) is 48.5 Å². The van der Waals surface area contributed by atoms with Gasteiger partial charge in [-0.1, -0.05) is 30.3 Å². The topological polar surface area (TPSA) is 55.6 Å². The number of rotatable bonds is 4. The number of para-hydroxylation sites is 1. The Bertz CT molecular complexity index is 667. The maximum absolute atomic E-state index is 12.3. The highest BCUT2D eigenvalue weighted by atomic mass is 16.5. The molecule has 1 aliphatic heterocycles. The number of fused-ring (bicyclic) bond motifs is 1. The zero-order valence-electron chi connectivity index (χ0n) is 12.7. The maximum atomic E-state index is 12.3. The van der Waals surface area contributed by atoms with Crippen LogP contribution in [0.5, 0.6) is 5.75 Å². The number of carbonyl (C=O) groups excluding carboxylic acids is 1. The Kier molecular flexibility index (Phi) is 4.11. The van der Waals surface area contributed by atoms with Gasteiger partial charge in [-0.25, -0.2) is 0 Å². The van der Waals surface area contributed by atoms with E-state index in [2.05, 4.69) is 6.07 Å². The molecule has 3 rings (SSSR count). The van der Waals surface area contributed by atoms with Gasteiger partial charge < -0.3 is 15.4 Å². The second-order valence-electron chi connectivity index (χ2n) is 5.51. The van der Waals surface area contributed by atoms with Crippen LogP contribution in [0, 0.1) is 0 Å². The van der Waals surface area contributed by atoms with Gasteiger partial charge in [0.25, 0.3) is 0 Å². The van der Waals surface area contributed by atoms with Crippen molar-refractivity contribution in [3.05, 3.63) is 59.7 Å². The van der Waals surface area contributed by atoms with E-state index in [1.165, 1.54) is 5.56 Å². The highest BCUT2D eigenvalue weighted by Gasteiger charge is 2.25. The van der Waals surface area contributed by atoms with E-state index in [0.717, 1.165) is 23.4 Å². The van der Waals surface area contributed by atoms with E-state index in [1.807, 2.05) is 47.4 Å². The van der Waals surface area contributed by atoms with Crippen molar-refractivity contribution in [1.29, 1.82) is 0 Å². The van der Waals surface area contributed by atoms with Crippen LogP contribution in [0.3, 0.4) is 0 Å². The monoisotopic (exact) mass is 296 g/mol. The maximum Gasteiger partial charge on any atom is 0.227 e. The number of amides is 1. The first-order valence-corrected chi connectivity index (χ1v) is 7.47. The number of nitrogens with two attached hydrogens (primary N) is 1. The van der Waals surface area contributed by atoms with E-state index >= 15 is 0 Å². The molecule has 0 radical (unpaired) electrons. The molecule has 0 spiro atoms. The number of hydrogen-bond donors (Lipinski definition) is 1. The summed E-state index contributed by atoms with van der Waals surface area (Å²) in [5.74, 6) is 0.943. The van der Waals surface area contributed by atoms with Crippen molar-refractivity contribution < 1.29 is 9.53 Å². The van der Waals surface area contributed by atoms with Gasteiger partial charge in [0.15, 0.2) is 0 Å². The Balaban J connectivity index is 1.80. The summed E-state index contributed by atoms with van der Waals surface area (Å²) in [5, 5.41) is 0. The molecule has 114 valence electrons. The Morgan fingerprint density at radius 3 is 2.59 bits per heavy atom. The largest absolute Gasteiger partial charge is 0.497 e. The summed E-state index contributed by atoms with van der Waals surface area (Å²) in [7, 11) is 1.64. The number of benzene rings is 2. The molecular weight excluding hydrogens is 276 g/mol. The number of anilines is 1. The first-order chi connectivity index (χ1) is 10.7. The highest BCUT2D eigenvalue weighted by molar-refractivity contribution is 5.96. The zero-order chi connectivity index (χ0) is 15.5.